The standard InChI is InChI=1S/C30H33N3O3/c1-6-32(7-2)21-16-17-24(26(19-21)35-9-4)30(28-23(29(34)36-30)14-12-18-31-28)27-20(5)33(8-3)25-15-11-10-13-22(25)27/h10-19H,6-9H2,1-5H3/t30-/m1/s1. The van der Waals surface area contributed by atoms with E-state index in [-0.39, 0.29) is 5.97 Å². The third-order valence-electron chi connectivity index (χ3n) is 7.28. The summed E-state index contributed by atoms with van der Waals surface area (Å²) in [4.78, 5) is 20.4. The van der Waals surface area contributed by atoms with Crippen LogP contribution in [0.1, 0.15) is 60.6 Å². The molecule has 0 saturated heterocycles. The Morgan fingerprint density at radius 3 is 2.53 bits per heavy atom. The van der Waals surface area contributed by atoms with Crippen molar-refractivity contribution in [3.05, 3.63) is 88.9 Å². The molecule has 3 heterocycles. The zero-order valence-corrected chi connectivity index (χ0v) is 21.7. The zero-order chi connectivity index (χ0) is 25.4. The minimum atomic E-state index is -1.23. The van der Waals surface area contributed by atoms with E-state index in [1.54, 1.807) is 18.3 Å². The molecule has 5 rings (SSSR count). The highest BCUT2D eigenvalue weighted by molar-refractivity contribution is 5.98. The van der Waals surface area contributed by atoms with Crippen molar-refractivity contribution in [2.24, 2.45) is 0 Å². The van der Waals surface area contributed by atoms with Crippen molar-refractivity contribution < 1.29 is 14.3 Å². The van der Waals surface area contributed by atoms with E-state index in [0.717, 1.165) is 53.0 Å². The predicted molar refractivity (Wildman–Crippen MR) is 143 cm³/mol. The molecule has 0 fully saturated rings. The number of hydrogen-bond acceptors (Lipinski definition) is 5. The number of benzene rings is 2. The minimum Gasteiger partial charge on any atom is -0.493 e. The minimum absolute atomic E-state index is 0.374. The summed E-state index contributed by atoms with van der Waals surface area (Å²) in [6.07, 6.45) is 1.73. The highest BCUT2D eigenvalue weighted by Gasteiger charge is 2.53. The fraction of sp³-hybridized carbons (Fsp3) is 0.333. The van der Waals surface area contributed by atoms with E-state index in [0.29, 0.717) is 23.6 Å². The first-order valence-electron chi connectivity index (χ1n) is 12.8. The first-order valence-corrected chi connectivity index (χ1v) is 12.8. The summed E-state index contributed by atoms with van der Waals surface area (Å²) in [7, 11) is 0. The molecule has 36 heavy (non-hydrogen) atoms. The first-order chi connectivity index (χ1) is 17.5. The number of para-hydroxylation sites is 1. The van der Waals surface area contributed by atoms with Crippen LogP contribution >= 0.6 is 0 Å². The van der Waals surface area contributed by atoms with Gasteiger partial charge in [-0.2, -0.15) is 0 Å². The molecule has 186 valence electrons. The van der Waals surface area contributed by atoms with Crippen molar-refractivity contribution in [3.63, 3.8) is 0 Å². The molecule has 0 spiro atoms. The van der Waals surface area contributed by atoms with Crippen LogP contribution in [0, 0.1) is 6.92 Å². The maximum atomic E-state index is 13.4. The number of anilines is 1. The van der Waals surface area contributed by atoms with Crippen LogP contribution in [0.15, 0.2) is 60.8 Å². The molecule has 1 atom stereocenters. The summed E-state index contributed by atoms with van der Waals surface area (Å²) in [5.74, 6) is 0.321. The average molecular weight is 484 g/mol. The van der Waals surface area contributed by atoms with Crippen LogP contribution in [0.3, 0.4) is 0 Å². The Balaban J connectivity index is 1.90. The molecule has 1 aliphatic rings. The fourth-order valence-corrected chi connectivity index (χ4v) is 5.72. The van der Waals surface area contributed by atoms with Crippen LogP contribution in [0.2, 0.25) is 0 Å². The lowest BCUT2D eigenvalue weighted by atomic mass is 9.80. The number of pyridine rings is 1. The lowest BCUT2D eigenvalue weighted by Gasteiger charge is -2.32. The topological polar surface area (TPSA) is 56.6 Å². The number of carbonyl (C=O) groups is 1. The van der Waals surface area contributed by atoms with Crippen molar-refractivity contribution in [2.75, 3.05) is 24.6 Å². The Hall–Kier alpha value is -3.80. The second-order valence-electron chi connectivity index (χ2n) is 8.98. The van der Waals surface area contributed by atoms with Gasteiger partial charge < -0.3 is 18.9 Å². The second kappa shape index (κ2) is 9.34. The molecule has 0 bridgehead atoms. The Kier molecular flexibility index (Phi) is 6.20. The van der Waals surface area contributed by atoms with Gasteiger partial charge in [-0.1, -0.05) is 18.2 Å². The molecular weight excluding hydrogens is 450 g/mol. The molecule has 6 nitrogen and oxygen atoms in total. The summed E-state index contributed by atoms with van der Waals surface area (Å²) >= 11 is 0. The molecule has 2 aromatic carbocycles. The maximum absolute atomic E-state index is 13.4. The number of hydrogen-bond donors (Lipinski definition) is 0. The van der Waals surface area contributed by atoms with Crippen LogP contribution in [0.5, 0.6) is 5.75 Å². The smallest absolute Gasteiger partial charge is 0.341 e. The van der Waals surface area contributed by atoms with Gasteiger partial charge in [0.25, 0.3) is 0 Å². The monoisotopic (exact) mass is 483 g/mol. The van der Waals surface area contributed by atoms with Gasteiger partial charge in [0.2, 0.25) is 5.60 Å². The highest BCUT2D eigenvalue weighted by atomic mass is 16.6. The van der Waals surface area contributed by atoms with Gasteiger partial charge in [-0.25, -0.2) is 4.79 Å². The van der Waals surface area contributed by atoms with Gasteiger partial charge in [0.15, 0.2) is 0 Å². The third kappa shape index (κ3) is 3.39. The quantitative estimate of drug-likeness (QED) is 0.285. The van der Waals surface area contributed by atoms with Gasteiger partial charge in [-0.15, -0.1) is 0 Å². The third-order valence-corrected chi connectivity index (χ3v) is 7.28. The molecule has 0 radical (unpaired) electrons. The SMILES string of the molecule is CCOc1cc(N(CC)CC)ccc1[C@]1(c2c(C)n(CC)c3ccccc23)OC(=O)c2cccnc21. The Labute approximate surface area is 212 Å². The Morgan fingerprint density at radius 1 is 1.03 bits per heavy atom. The largest absolute Gasteiger partial charge is 0.493 e. The average Bonchev–Trinajstić information content (AvgIpc) is 3.36. The van der Waals surface area contributed by atoms with E-state index in [1.807, 2.05) is 25.1 Å². The van der Waals surface area contributed by atoms with Crippen LogP contribution in [-0.2, 0) is 16.9 Å². The predicted octanol–water partition coefficient (Wildman–Crippen LogP) is 6.07. The molecule has 0 aliphatic carbocycles. The molecule has 0 saturated carbocycles. The number of rotatable bonds is 8. The molecule has 2 aromatic heterocycles. The lowest BCUT2D eigenvalue weighted by molar-refractivity contribution is 0.0238. The normalized spacial score (nSPS) is 16.8. The van der Waals surface area contributed by atoms with Gasteiger partial charge >= 0.3 is 5.97 Å². The van der Waals surface area contributed by atoms with Gasteiger partial charge in [0.1, 0.15) is 11.4 Å². The van der Waals surface area contributed by atoms with E-state index < -0.39 is 5.60 Å². The zero-order valence-electron chi connectivity index (χ0n) is 21.7. The van der Waals surface area contributed by atoms with Crippen molar-refractivity contribution in [3.8, 4) is 5.75 Å². The van der Waals surface area contributed by atoms with Crippen molar-refractivity contribution >= 4 is 22.6 Å². The van der Waals surface area contributed by atoms with Crippen LogP contribution in [0.25, 0.3) is 10.9 Å². The van der Waals surface area contributed by atoms with Gasteiger partial charge in [-0.3, -0.25) is 4.98 Å². The number of aromatic nitrogens is 2. The van der Waals surface area contributed by atoms with E-state index >= 15 is 0 Å². The van der Waals surface area contributed by atoms with Crippen LogP contribution in [-0.4, -0.2) is 35.2 Å². The Morgan fingerprint density at radius 2 is 1.81 bits per heavy atom. The number of ether oxygens (including phenoxy) is 2. The van der Waals surface area contributed by atoms with Crippen molar-refractivity contribution in [2.45, 2.75) is 46.8 Å². The van der Waals surface area contributed by atoms with Crippen molar-refractivity contribution in [1.29, 1.82) is 0 Å². The number of cyclic esters (lactones) is 1. The molecule has 1 aliphatic heterocycles. The number of esters is 1. The highest BCUT2D eigenvalue weighted by Crippen LogP contribution is 2.52. The van der Waals surface area contributed by atoms with E-state index in [1.165, 1.54) is 0 Å². The van der Waals surface area contributed by atoms with Gasteiger partial charge in [0.05, 0.1) is 12.2 Å². The maximum Gasteiger partial charge on any atom is 0.341 e. The summed E-state index contributed by atoms with van der Waals surface area (Å²) in [5, 5.41) is 1.04. The number of nitrogens with zero attached hydrogens (tertiary/aromatic N) is 3. The molecular formula is C30H33N3O3. The Bertz CT molecular complexity index is 1440. The fourth-order valence-electron chi connectivity index (χ4n) is 5.72. The van der Waals surface area contributed by atoms with E-state index in [4.69, 9.17) is 14.5 Å². The molecule has 0 unspecified atom stereocenters. The van der Waals surface area contributed by atoms with Crippen molar-refractivity contribution in [1.82, 2.24) is 9.55 Å². The molecule has 0 N–H and O–H groups in total. The number of carbonyl (C=O) groups excluding carboxylic acids is 1. The van der Waals surface area contributed by atoms with E-state index in [9.17, 15) is 4.79 Å². The van der Waals surface area contributed by atoms with Gasteiger partial charge in [-0.05, 0) is 65.0 Å². The van der Waals surface area contributed by atoms with Crippen LogP contribution < -0.4 is 9.64 Å². The lowest BCUT2D eigenvalue weighted by Crippen LogP contribution is -2.32. The van der Waals surface area contributed by atoms with Crippen LogP contribution in [0.4, 0.5) is 5.69 Å². The summed E-state index contributed by atoms with van der Waals surface area (Å²) in [5.41, 5.74) is 4.79. The summed E-state index contributed by atoms with van der Waals surface area (Å²) in [6.45, 7) is 13.5. The summed E-state index contributed by atoms with van der Waals surface area (Å²) in [6, 6.07) is 18.1. The summed E-state index contributed by atoms with van der Waals surface area (Å²) < 4.78 is 15.0. The molecule has 4 aromatic rings. The first kappa shape index (κ1) is 23.9. The molecule has 0 amide bonds. The molecule has 6 heteroatoms. The van der Waals surface area contributed by atoms with Gasteiger partial charge in [0, 0.05) is 65.3 Å². The van der Waals surface area contributed by atoms with E-state index in [2.05, 4.69) is 61.4 Å². The number of aryl methyl sites for hydroxylation is 1. The number of fused-ring (bicyclic) bond motifs is 2. The second-order valence-corrected chi connectivity index (χ2v) is 8.98.